The maximum absolute atomic E-state index is 9.26. The van der Waals surface area contributed by atoms with Crippen molar-refractivity contribution < 1.29 is 9.84 Å². The minimum atomic E-state index is -0.112. The van der Waals surface area contributed by atoms with Crippen LogP contribution in [0.15, 0.2) is 6.07 Å². The van der Waals surface area contributed by atoms with Gasteiger partial charge in [0.05, 0.1) is 6.10 Å². The Morgan fingerprint density at radius 2 is 2.11 bits per heavy atom. The first-order valence-corrected chi connectivity index (χ1v) is 6.76. The monoisotopic (exact) mass is 266 g/mol. The number of aliphatic hydroxyl groups is 1. The third kappa shape index (κ3) is 4.04. The normalized spacial score (nSPS) is 21.8. The molecule has 0 aliphatic heterocycles. The number of nitrogens with zero attached hydrogens (tertiary/aromatic N) is 2. The van der Waals surface area contributed by atoms with E-state index in [4.69, 9.17) is 4.74 Å². The van der Waals surface area contributed by atoms with E-state index in [1.165, 1.54) is 0 Å². The molecule has 3 N–H and O–H groups in total. The molecule has 0 spiro atoms. The van der Waals surface area contributed by atoms with Gasteiger partial charge in [-0.15, -0.1) is 0 Å². The lowest BCUT2D eigenvalue weighted by Crippen LogP contribution is -2.33. The van der Waals surface area contributed by atoms with E-state index in [0.29, 0.717) is 25.0 Å². The molecule has 19 heavy (non-hydrogen) atoms. The van der Waals surface area contributed by atoms with Gasteiger partial charge in [0, 0.05) is 26.3 Å². The summed E-state index contributed by atoms with van der Waals surface area (Å²) in [6, 6.07) is 1.88. The van der Waals surface area contributed by atoms with E-state index in [2.05, 4.69) is 20.6 Å². The number of anilines is 2. The number of ether oxygens (including phenoxy) is 1. The van der Waals surface area contributed by atoms with Crippen LogP contribution in [0.5, 0.6) is 0 Å². The maximum atomic E-state index is 9.26. The molecule has 1 aliphatic rings. The van der Waals surface area contributed by atoms with Crippen LogP contribution in [0.3, 0.4) is 0 Å². The molecular weight excluding hydrogens is 244 g/mol. The minimum Gasteiger partial charge on any atom is -0.393 e. The molecule has 0 saturated heterocycles. The van der Waals surface area contributed by atoms with Crippen molar-refractivity contribution in [2.75, 3.05) is 30.8 Å². The number of nitrogens with one attached hydrogen (secondary N) is 2. The highest BCUT2D eigenvalue weighted by Crippen LogP contribution is 2.27. The fourth-order valence-corrected chi connectivity index (χ4v) is 2.09. The second-order valence-electron chi connectivity index (χ2n) is 4.81. The average Bonchev–Trinajstić information content (AvgIpc) is 2.39. The molecule has 2 rings (SSSR count). The van der Waals surface area contributed by atoms with Crippen LogP contribution < -0.4 is 10.6 Å². The molecule has 6 nitrogen and oxygen atoms in total. The summed E-state index contributed by atoms with van der Waals surface area (Å²) in [6.45, 7) is 3.85. The van der Waals surface area contributed by atoms with E-state index in [-0.39, 0.29) is 6.10 Å². The van der Waals surface area contributed by atoms with Crippen LogP contribution >= 0.6 is 0 Å². The van der Waals surface area contributed by atoms with Crippen LogP contribution in [0.25, 0.3) is 0 Å². The van der Waals surface area contributed by atoms with Crippen molar-refractivity contribution in [3.8, 4) is 0 Å². The molecule has 6 heteroatoms. The van der Waals surface area contributed by atoms with Gasteiger partial charge < -0.3 is 20.5 Å². The third-order valence-corrected chi connectivity index (χ3v) is 3.25. The molecule has 1 heterocycles. The predicted octanol–water partition coefficient (Wildman–Crippen LogP) is 1.24. The number of aromatic nitrogens is 2. The van der Waals surface area contributed by atoms with Crippen molar-refractivity contribution in [3.05, 3.63) is 11.9 Å². The fraction of sp³-hybridized carbons (Fsp3) is 0.692. The van der Waals surface area contributed by atoms with Crippen LogP contribution in [0.4, 0.5) is 11.6 Å². The van der Waals surface area contributed by atoms with E-state index in [1.54, 1.807) is 0 Å². The highest BCUT2D eigenvalue weighted by molar-refractivity contribution is 5.47. The van der Waals surface area contributed by atoms with Gasteiger partial charge in [-0.05, 0) is 25.7 Å². The Kier molecular flexibility index (Phi) is 4.93. The van der Waals surface area contributed by atoms with Gasteiger partial charge in [0.15, 0.2) is 5.82 Å². The molecule has 1 aromatic heterocycles. The molecule has 106 valence electrons. The van der Waals surface area contributed by atoms with E-state index >= 15 is 0 Å². The molecule has 0 aromatic carbocycles. The lowest BCUT2D eigenvalue weighted by atomic mass is 9.82. The van der Waals surface area contributed by atoms with Crippen molar-refractivity contribution in [2.45, 2.75) is 32.5 Å². The average molecular weight is 266 g/mol. The lowest BCUT2D eigenvalue weighted by Gasteiger charge is -2.31. The second kappa shape index (κ2) is 6.68. The predicted molar refractivity (Wildman–Crippen MR) is 74.1 cm³/mol. The topological polar surface area (TPSA) is 79.3 Å². The van der Waals surface area contributed by atoms with Crippen molar-refractivity contribution in [3.63, 3.8) is 0 Å². The second-order valence-corrected chi connectivity index (χ2v) is 4.81. The minimum absolute atomic E-state index is 0.112. The third-order valence-electron chi connectivity index (χ3n) is 3.25. The van der Waals surface area contributed by atoms with Gasteiger partial charge in [-0.2, -0.15) is 0 Å². The summed E-state index contributed by atoms with van der Waals surface area (Å²) < 4.78 is 5.33. The Hall–Kier alpha value is -1.40. The Morgan fingerprint density at radius 3 is 2.74 bits per heavy atom. The Bertz CT molecular complexity index is 408. The first kappa shape index (κ1) is 14.0. The summed E-state index contributed by atoms with van der Waals surface area (Å²) in [6.07, 6.45) is 1.64. The smallest absolute Gasteiger partial charge is 0.158 e. The highest BCUT2D eigenvalue weighted by Gasteiger charge is 2.26. The fourth-order valence-electron chi connectivity index (χ4n) is 2.09. The van der Waals surface area contributed by atoms with E-state index in [1.807, 2.05) is 20.0 Å². The van der Waals surface area contributed by atoms with Crippen LogP contribution in [-0.2, 0) is 11.3 Å². The molecule has 0 bridgehead atoms. The SMILES string of the molecule is CCOCc1nc(NC)cc(NCC2CC(O)C2)n1. The van der Waals surface area contributed by atoms with Gasteiger partial charge in [0.25, 0.3) is 0 Å². The molecule has 0 radical (unpaired) electrons. The van der Waals surface area contributed by atoms with Crippen molar-refractivity contribution >= 4 is 11.6 Å². The quantitative estimate of drug-likeness (QED) is 0.689. The summed E-state index contributed by atoms with van der Waals surface area (Å²) in [5.74, 6) is 2.79. The number of hydrogen-bond donors (Lipinski definition) is 3. The summed E-state index contributed by atoms with van der Waals surface area (Å²) in [5.41, 5.74) is 0. The molecule has 1 aliphatic carbocycles. The Labute approximate surface area is 113 Å². The van der Waals surface area contributed by atoms with Crippen molar-refractivity contribution in [1.29, 1.82) is 0 Å². The van der Waals surface area contributed by atoms with E-state index < -0.39 is 0 Å². The van der Waals surface area contributed by atoms with Crippen LogP contribution in [-0.4, -0.2) is 41.4 Å². The summed E-state index contributed by atoms with van der Waals surface area (Å²) in [4.78, 5) is 8.75. The Balaban J connectivity index is 1.93. The molecule has 0 amide bonds. The largest absolute Gasteiger partial charge is 0.393 e. The van der Waals surface area contributed by atoms with E-state index in [9.17, 15) is 5.11 Å². The van der Waals surface area contributed by atoms with Gasteiger partial charge in [-0.3, -0.25) is 0 Å². The van der Waals surface area contributed by atoms with Gasteiger partial charge in [0.2, 0.25) is 0 Å². The zero-order valence-electron chi connectivity index (χ0n) is 11.5. The molecule has 1 aromatic rings. The molecular formula is C13H22N4O2. The standard InChI is InChI=1S/C13H22N4O2/c1-3-19-8-13-16-11(14-2)6-12(17-13)15-7-9-4-10(18)5-9/h6,9-10,18H,3-5,7-8H2,1-2H3,(H2,14,15,16,17). The Morgan fingerprint density at radius 1 is 1.37 bits per heavy atom. The first-order chi connectivity index (χ1) is 9.21. The number of aliphatic hydroxyl groups excluding tert-OH is 1. The first-order valence-electron chi connectivity index (χ1n) is 6.76. The summed E-state index contributed by atoms with van der Waals surface area (Å²) in [7, 11) is 1.83. The zero-order chi connectivity index (χ0) is 13.7. The molecule has 1 fully saturated rings. The number of rotatable bonds is 7. The van der Waals surface area contributed by atoms with Gasteiger partial charge >= 0.3 is 0 Å². The lowest BCUT2D eigenvalue weighted by molar-refractivity contribution is 0.0486. The molecule has 0 atom stereocenters. The van der Waals surface area contributed by atoms with Crippen LogP contribution in [0.1, 0.15) is 25.6 Å². The van der Waals surface area contributed by atoms with Gasteiger partial charge in [0.1, 0.15) is 18.2 Å². The summed E-state index contributed by atoms with van der Waals surface area (Å²) >= 11 is 0. The van der Waals surface area contributed by atoms with E-state index in [0.717, 1.165) is 31.0 Å². The molecule has 1 saturated carbocycles. The number of hydrogen-bond acceptors (Lipinski definition) is 6. The summed E-state index contributed by atoms with van der Waals surface area (Å²) in [5, 5.41) is 15.6. The van der Waals surface area contributed by atoms with Crippen molar-refractivity contribution in [2.24, 2.45) is 5.92 Å². The van der Waals surface area contributed by atoms with Crippen LogP contribution in [0.2, 0.25) is 0 Å². The highest BCUT2D eigenvalue weighted by atomic mass is 16.5. The van der Waals surface area contributed by atoms with Crippen molar-refractivity contribution in [1.82, 2.24) is 9.97 Å². The maximum Gasteiger partial charge on any atom is 0.158 e. The van der Waals surface area contributed by atoms with Gasteiger partial charge in [-0.1, -0.05) is 0 Å². The van der Waals surface area contributed by atoms with Crippen LogP contribution in [0, 0.1) is 5.92 Å². The molecule has 0 unspecified atom stereocenters. The van der Waals surface area contributed by atoms with Gasteiger partial charge in [-0.25, -0.2) is 9.97 Å². The zero-order valence-corrected chi connectivity index (χ0v) is 11.5.